The molecule has 1 N–H and O–H groups in total. The zero-order valence-corrected chi connectivity index (χ0v) is 12.3. The quantitative estimate of drug-likeness (QED) is 0.853. The van der Waals surface area contributed by atoms with Crippen molar-refractivity contribution in [1.29, 1.82) is 0 Å². The molecular weight excluding hydrogens is 323 g/mol. The molecule has 106 valence electrons. The molecule has 0 radical (unpaired) electrons. The van der Waals surface area contributed by atoms with Gasteiger partial charge in [0.2, 0.25) is 0 Å². The van der Waals surface area contributed by atoms with Gasteiger partial charge in [0.1, 0.15) is 5.82 Å². The molecule has 0 atom stereocenters. The van der Waals surface area contributed by atoms with E-state index in [0.29, 0.717) is 24.1 Å². The SMILES string of the molecule is CC1(C)CNCCN1c1ncc(Br)cc1C(F)(F)F. The highest BCUT2D eigenvalue weighted by atomic mass is 79.9. The Balaban J connectivity index is 2.49. The molecule has 0 spiro atoms. The van der Waals surface area contributed by atoms with Gasteiger partial charge in [-0.05, 0) is 35.8 Å². The van der Waals surface area contributed by atoms with Crippen molar-refractivity contribution >= 4 is 21.7 Å². The summed E-state index contributed by atoms with van der Waals surface area (Å²) in [5.74, 6) is 0.00204. The van der Waals surface area contributed by atoms with Crippen LogP contribution in [0.4, 0.5) is 19.0 Å². The number of alkyl halides is 3. The summed E-state index contributed by atoms with van der Waals surface area (Å²) in [6.45, 7) is 5.59. The number of nitrogens with one attached hydrogen (secondary N) is 1. The lowest BCUT2D eigenvalue weighted by molar-refractivity contribution is -0.137. The van der Waals surface area contributed by atoms with Gasteiger partial charge in [0.05, 0.1) is 5.56 Å². The van der Waals surface area contributed by atoms with Crippen molar-refractivity contribution in [1.82, 2.24) is 10.3 Å². The van der Waals surface area contributed by atoms with E-state index in [0.717, 1.165) is 6.07 Å². The van der Waals surface area contributed by atoms with E-state index in [4.69, 9.17) is 0 Å². The van der Waals surface area contributed by atoms with Crippen LogP contribution in [0, 0.1) is 0 Å². The summed E-state index contributed by atoms with van der Waals surface area (Å²) >= 11 is 3.05. The minimum Gasteiger partial charge on any atom is -0.348 e. The third-order valence-corrected chi connectivity index (χ3v) is 3.63. The summed E-state index contributed by atoms with van der Waals surface area (Å²) in [7, 11) is 0. The predicted octanol–water partition coefficient (Wildman–Crippen LogP) is 3.05. The van der Waals surface area contributed by atoms with Crippen LogP contribution in [-0.2, 0) is 6.18 Å². The van der Waals surface area contributed by atoms with E-state index in [1.807, 2.05) is 13.8 Å². The standard InChI is InChI=1S/C12H15BrF3N3/c1-11(2)7-17-3-4-19(11)10-9(12(14,15)16)5-8(13)6-18-10/h5-6,17H,3-4,7H2,1-2H3. The maximum atomic E-state index is 13.1. The minimum absolute atomic E-state index is 0.00204. The van der Waals surface area contributed by atoms with Gasteiger partial charge in [0.15, 0.2) is 0 Å². The van der Waals surface area contributed by atoms with Crippen LogP contribution in [0.2, 0.25) is 0 Å². The van der Waals surface area contributed by atoms with Crippen LogP contribution >= 0.6 is 15.9 Å². The molecule has 1 aliphatic rings. The van der Waals surface area contributed by atoms with Crippen molar-refractivity contribution in [2.24, 2.45) is 0 Å². The molecule has 1 aliphatic heterocycles. The average Bonchev–Trinajstić information content (AvgIpc) is 2.28. The topological polar surface area (TPSA) is 28.2 Å². The number of anilines is 1. The zero-order chi connectivity index (χ0) is 14.3. The maximum Gasteiger partial charge on any atom is 0.419 e. The van der Waals surface area contributed by atoms with Crippen LogP contribution in [-0.4, -0.2) is 30.2 Å². The lowest BCUT2D eigenvalue weighted by Crippen LogP contribution is -2.58. The molecule has 1 saturated heterocycles. The van der Waals surface area contributed by atoms with Gasteiger partial charge < -0.3 is 10.2 Å². The number of nitrogens with zero attached hydrogens (tertiary/aromatic N) is 2. The Bertz CT molecular complexity index is 474. The molecule has 1 aromatic heterocycles. The van der Waals surface area contributed by atoms with E-state index >= 15 is 0 Å². The van der Waals surface area contributed by atoms with Gasteiger partial charge in [0, 0.05) is 35.8 Å². The van der Waals surface area contributed by atoms with Gasteiger partial charge in [-0.1, -0.05) is 0 Å². The lowest BCUT2D eigenvalue weighted by atomic mass is 9.99. The Kier molecular flexibility index (Phi) is 3.79. The Morgan fingerprint density at radius 3 is 2.68 bits per heavy atom. The van der Waals surface area contributed by atoms with E-state index in [1.165, 1.54) is 6.20 Å². The fraction of sp³-hybridized carbons (Fsp3) is 0.583. The summed E-state index contributed by atoms with van der Waals surface area (Å²) in [6, 6.07) is 1.08. The van der Waals surface area contributed by atoms with Crippen LogP contribution in [0.1, 0.15) is 19.4 Å². The van der Waals surface area contributed by atoms with E-state index < -0.39 is 17.3 Å². The van der Waals surface area contributed by atoms with Crippen molar-refractivity contribution < 1.29 is 13.2 Å². The third kappa shape index (κ3) is 3.02. The number of pyridine rings is 1. The smallest absolute Gasteiger partial charge is 0.348 e. The van der Waals surface area contributed by atoms with Gasteiger partial charge in [0.25, 0.3) is 0 Å². The second-order valence-corrected chi connectivity index (χ2v) is 6.08. The molecule has 3 nitrogen and oxygen atoms in total. The van der Waals surface area contributed by atoms with E-state index in [1.54, 1.807) is 4.90 Å². The first kappa shape index (κ1) is 14.6. The number of hydrogen-bond acceptors (Lipinski definition) is 3. The highest BCUT2D eigenvalue weighted by Crippen LogP contribution is 2.39. The van der Waals surface area contributed by atoms with Crippen LogP contribution in [0.15, 0.2) is 16.7 Å². The molecular formula is C12H15BrF3N3. The molecule has 2 rings (SSSR count). The fourth-order valence-corrected chi connectivity index (χ4v) is 2.56. The Hall–Kier alpha value is -0.820. The van der Waals surface area contributed by atoms with Crippen LogP contribution < -0.4 is 10.2 Å². The molecule has 0 aliphatic carbocycles. The zero-order valence-electron chi connectivity index (χ0n) is 10.7. The summed E-state index contributed by atoms with van der Waals surface area (Å²) in [5, 5.41) is 3.18. The number of hydrogen-bond donors (Lipinski definition) is 1. The fourth-order valence-electron chi connectivity index (χ4n) is 2.23. The highest BCUT2D eigenvalue weighted by molar-refractivity contribution is 9.10. The third-order valence-electron chi connectivity index (χ3n) is 3.19. The predicted molar refractivity (Wildman–Crippen MR) is 71.2 cm³/mol. The van der Waals surface area contributed by atoms with Crippen LogP contribution in [0.3, 0.4) is 0 Å². The van der Waals surface area contributed by atoms with E-state index in [2.05, 4.69) is 26.2 Å². The summed E-state index contributed by atoms with van der Waals surface area (Å²) in [6.07, 6.45) is -3.00. The summed E-state index contributed by atoms with van der Waals surface area (Å²) in [4.78, 5) is 5.72. The lowest BCUT2D eigenvalue weighted by Gasteiger charge is -2.44. The molecule has 7 heteroatoms. The molecule has 0 unspecified atom stereocenters. The van der Waals surface area contributed by atoms with Gasteiger partial charge >= 0.3 is 6.18 Å². The number of rotatable bonds is 1. The van der Waals surface area contributed by atoms with Gasteiger partial charge in [-0.25, -0.2) is 4.98 Å². The molecule has 1 aromatic rings. The first-order valence-electron chi connectivity index (χ1n) is 5.93. The van der Waals surface area contributed by atoms with E-state index in [-0.39, 0.29) is 5.82 Å². The summed E-state index contributed by atoms with van der Waals surface area (Å²) in [5.41, 5.74) is -1.10. The number of aromatic nitrogens is 1. The average molecular weight is 338 g/mol. The Labute approximate surface area is 118 Å². The number of halogens is 4. The number of piperazine rings is 1. The molecule has 19 heavy (non-hydrogen) atoms. The first-order chi connectivity index (χ1) is 8.72. The Morgan fingerprint density at radius 1 is 1.42 bits per heavy atom. The highest BCUT2D eigenvalue weighted by Gasteiger charge is 2.40. The van der Waals surface area contributed by atoms with Crippen molar-refractivity contribution in [2.45, 2.75) is 25.6 Å². The largest absolute Gasteiger partial charge is 0.419 e. The van der Waals surface area contributed by atoms with Gasteiger partial charge in [-0.3, -0.25) is 0 Å². The molecule has 1 fully saturated rings. The molecule has 0 bridgehead atoms. The molecule has 0 saturated carbocycles. The minimum atomic E-state index is -4.41. The van der Waals surface area contributed by atoms with Crippen molar-refractivity contribution in [3.63, 3.8) is 0 Å². The van der Waals surface area contributed by atoms with Gasteiger partial charge in [-0.2, -0.15) is 13.2 Å². The van der Waals surface area contributed by atoms with Gasteiger partial charge in [-0.15, -0.1) is 0 Å². The molecule has 2 heterocycles. The summed E-state index contributed by atoms with van der Waals surface area (Å²) < 4.78 is 39.7. The van der Waals surface area contributed by atoms with Crippen molar-refractivity contribution in [3.05, 3.63) is 22.3 Å². The Morgan fingerprint density at radius 2 is 2.11 bits per heavy atom. The van der Waals surface area contributed by atoms with E-state index in [9.17, 15) is 13.2 Å². The molecule has 0 amide bonds. The maximum absolute atomic E-state index is 13.1. The first-order valence-corrected chi connectivity index (χ1v) is 6.72. The monoisotopic (exact) mass is 337 g/mol. The molecule has 0 aromatic carbocycles. The van der Waals surface area contributed by atoms with Crippen molar-refractivity contribution in [3.8, 4) is 0 Å². The normalized spacial score (nSPS) is 19.6. The second-order valence-electron chi connectivity index (χ2n) is 5.16. The second kappa shape index (κ2) is 4.94. The van der Waals surface area contributed by atoms with Crippen LogP contribution in [0.5, 0.6) is 0 Å². The van der Waals surface area contributed by atoms with Crippen molar-refractivity contribution in [2.75, 3.05) is 24.5 Å². The van der Waals surface area contributed by atoms with Crippen LogP contribution in [0.25, 0.3) is 0 Å².